The zero-order chi connectivity index (χ0) is 20.2. The van der Waals surface area contributed by atoms with Gasteiger partial charge in [-0.3, -0.25) is 9.59 Å². The highest BCUT2D eigenvalue weighted by Crippen LogP contribution is 2.22. The Bertz CT molecular complexity index is 779. The number of carbonyl (C=O) groups excluding carboxylic acids is 2. The number of aromatic nitrogens is 1. The number of hydrogen-bond donors (Lipinski definition) is 1. The van der Waals surface area contributed by atoms with Crippen molar-refractivity contribution in [1.29, 1.82) is 0 Å². The van der Waals surface area contributed by atoms with E-state index in [2.05, 4.69) is 5.32 Å². The first kappa shape index (κ1) is 21.4. The van der Waals surface area contributed by atoms with Crippen LogP contribution in [0.5, 0.6) is 0 Å². The van der Waals surface area contributed by atoms with Gasteiger partial charge in [-0.05, 0) is 39.7 Å². The van der Waals surface area contributed by atoms with Gasteiger partial charge in [-0.1, -0.05) is 6.42 Å². The van der Waals surface area contributed by atoms with Crippen LogP contribution in [0.25, 0.3) is 0 Å². The third kappa shape index (κ3) is 5.10. The van der Waals surface area contributed by atoms with Crippen LogP contribution >= 0.6 is 0 Å². The van der Waals surface area contributed by atoms with Gasteiger partial charge in [0, 0.05) is 38.9 Å². The van der Waals surface area contributed by atoms with Crippen molar-refractivity contribution in [2.45, 2.75) is 51.0 Å². The van der Waals surface area contributed by atoms with E-state index in [1.54, 1.807) is 14.0 Å². The first-order valence-electron chi connectivity index (χ1n) is 9.42. The molecule has 2 rings (SSSR count). The second-order valence-electron chi connectivity index (χ2n) is 7.18. The van der Waals surface area contributed by atoms with E-state index in [-0.39, 0.29) is 35.0 Å². The number of nitrogens with one attached hydrogen (secondary N) is 1. The van der Waals surface area contributed by atoms with Gasteiger partial charge < -0.3 is 14.8 Å². The van der Waals surface area contributed by atoms with E-state index in [1.807, 2.05) is 13.8 Å². The summed E-state index contributed by atoms with van der Waals surface area (Å²) in [5.74, 6) is -0.602. The molecule has 2 heterocycles. The van der Waals surface area contributed by atoms with Crippen molar-refractivity contribution in [3.05, 3.63) is 18.0 Å². The van der Waals surface area contributed by atoms with Crippen LogP contribution in [0.2, 0.25) is 0 Å². The number of amides is 2. The minimum atomic E-state index is -3.61. The van der Waals surface area contributed by atoms with Crippen LogP contribution in [0, 0.1) is 0 Å². The second kappa shape index (κ2) is 8.88. The SMILES string of the molecule is CCN(CC(=O)NC(C)C)C(=O)c1cc(S(=O)(=O)N2CCCCC2)cn1C. The number of aryl methyl sites for hydroxylation is 1. The molecule has 0 spiro atoms. The molecule has 1 aromatic rings. The van der Waals surface area contributed by atoms with E-state index in [0.29, 0.717) is 19.6 Å². The lowest BCUT2D eigenvalue weighted by Gasteiger charge is -2.25. The molecule has 0 bridgehead atoms. The number of nitrogens with zero attached hydrogens (tertiary/aromatic N) is 3. The molecule has 152 valence electrons. The average molecular weight is 399 g/mol. The van der Waals surface area contributed by atoms with Gasteiger partial charge in [0.1, 0.15) is 10.6 Å². The van der Waals surface area contributed by atoms with E-state index >= 15 is 0 Å². The molecule has 1 aliphatic heterocycles. The van der Waals surface area contributed by atoms with Crippen molar-refractivity contribution < 1.29 is 18.0 Å². The predicted octanol–water partition coefficient (Wildman–Crippen LogP) is 1.19. The fraction of sp³-hybridized carbons (Fsp3) is 0.667. The van der Waals surface area contributed by atoms with Gasteiger partial charge in [0.25, 0.3) is 5.91 Å². The Balaban J connectivity index is 2.20. The lowest BCUT2D eigenvalue weighted by Crippen LogP contribution is -2.43. The molecule has 0 radical (unpaired) electrons. The third-order valence-corrected chi connectivity index (χ3v) is 6.47. The Morgan fingerprint density at radius 1 is 1.22 bits per heavy atom. The Kier molecular flexibility index (Phi) is 7.05. The highest BCUT2D eigenvalue weighted by molar-refractivity contribution is 7.89. The van der Waals surface area contributed by atoms with Crippen molar-refractivity contribution in [1.82, 2.24) is 19.1 Å². The molecule has 1 fully saturated rings. The smallest absolute Gasteiger partial charge is 0.270 e. The van der Waals surface area contributed by atoms with Crippen molar-refractivity contribution in [2.75, 3.05) is 26.2 Å². The quantitative estimate of drug-likeness (QED) is 0.747. The molecule has 0 atom stereocenters. The van der Waals surface area contributed by atoms with Crippen LogP contribution in [-0.4, -0.2) is 66.2 Å². The topological polar surface area (TPSA) is 91.7 Å². The van der Waals surface area contributed by atoms with Gasteiger partial charge in [-0.25, -0.2) is 8.42 Å². The van der Waals surface area contributed by atoms with Crippen LogP contribution in [0.1, 0.15) is 50.5 Å². The summed E-state index contributed by atoms with van der Waals surface area (Å²) >= 11 is 0. The third-order valence-electron chi connectivity index (χ3n) is 4.60. The molecule has 1 aliphatic rings. The zero-order valence-electron chi connectivity index (χ0n) is 16.6. The first-order valence-corrected chi connectivity index (χ1v) is 10.9. The molecule has 1 aromatic heterocycles. The highest BCUT2D eigenvalue weighted by Gasteiger charge is 2.29. The standard InChI is InChI=1S/C18H30N4O4S/c1-5-21(13-17(23)19-14(2)3)18(24)16-11-15(12-20(16)4)27(25,26)22-9-7-6-8-10-22/h11-12,14H,5-10,13H2,1-4H3,(H,19,23). The maximum atomic E-state index is 12.9. The molecule has 1 saturated heterocycles. The normalized spacial score (nSPS) is 15.7. The van der Waals surface area contributed by atoms with Gasteiger partial charge in [0.2, 0.25) is 15.9 Å². The highest BCUT2D eigenvalue weighted by atomic mass is 32.2. The number of rotatable bonds is 7. The molecular formula is C18H30N4O4S. The molecule has 0 aliphatic carbocycles. The molecule has 2 amide bonds. The zero-order valence-corrected chi connectivity index (χ0v) is 17.4. The Hall–Kier alpha value is -1.87. The summed E-state index contributed by atoms with van der Waals surface area (Å²) in [5.41, 5.74) is 0.254. The monoisotopic (exact) mass is 398 g/mol. The van der Waals surface area contributed by atoms with Gasteiger partial charge in [0.15, 0.2) is 0 Å². The number of likely N-dealkylation sites (N-methyl/N-ethyl adjacent to an activating group) is 1. The molecule has 27 heavy (non-hydrogen) atoms. The first-order chi connectivity index (χ1) is 12.7. The molecule has 1 N–H and O–H groups in total. The maximum Gasteiger partial charge on any atom is 0.270 e. The summed E-state index contributed by atoms with van der Waals surface area (Å²) in [6.45, 7) is 6.80. The van der Waals surface area contributed by atoms with Crippen molar-refractivity contribution in [3.8, 4) is 0 Å². The summed E-state index contributed by atoms with van der Waals surface area (Å²) in [5, 5.41) is 2.76. The lowest BCUT2D eigenvalue weighted by atomic mass is 10.2. The summed E-state index contributed by atoms with van der Waals surface area (Å²) in [6, 6.07) is 1.40. The molecule has 0 aromatic carbocycles. The van der Waals surface area contributed by atoms with E-state index in [1.165, 1.54) is 26.0 Å². The molecule has 0 unspecified atom stereocenters. The largest absolute Gasteiger partial charge is 0.352 e. The number of sulfonamides is 1. The minimum Gasteiger partial charge on any atom is -0.352 e. The van der Waals surface area contributed by atoms with Crippen LogP contribution in [0.15, 0.2) is 17.2 Å². The predicted molar refractivity (Wildman–Crippen MR) is 103 cm³/mol. The van der Waals surface area contributed by atoms with Crippen LogP contribution in [0.3, 0.4) is 0 Å². The van der Waals surface area contributed by atoms with Gasteiger partial charge in [0.05, 0.1) is 6.54 Å². The van der Waals surface area contributed by atoms with E-state index in [9.17, 15) is 18.0 Å². The van der Waals surface area contributed by atoms with Gasteiger partial charge in [-0.2, -0.15) is 4.31 Å². The molecule has 9 heteroatoms. The number of carbonyl (C=O) groups is 2. The summed E-state index contributed by atoms with van der Waals surface area (Å²) in [6.07, 6.45) is 4.21. The Morgan fingerprint density at radius 2 is 1.85 bits per heavy atom. The maximum absolute atomic E-state index is 12.9. The fourth-order valence-corrected chi connectivity index (χ4v) is 4.76. The van der Waals surface area contributed by atoms with Crippen LogP contribution in [0.4, 0.5) is 0 Å². The van der Waals surface area contributed by atoms with E-state index in [0.717, 1.165) is 19.3 Å². The summed E-state index contributed by atoms with van der Waals surface area (Å²) < 4.78 is 28.7. The number of hydrogen-bond acceptors (Lipinski definition) is 4. The molecular weight excluding hydrogens is 368 g/mol. The fourth-order valence-electron chi connectivity index (χ4n) is 3.17. The van der Waals surface area contributed by atoms with Crippen molar-refractivity contribution >= 4 is 21.8 Å². The van der Waals surface area contributed by atoms with Gasteiger partial charge in [-0.15, -0.1) is 0 Å². The number of piperidine rings is 1. The summed E-state index contributed by atoms with van der Waals surface area (Å²) in [7, 11) is -1.96. The average Bonchev–Trinajstić information content (AvgIpc) is 3.01. The van der Waals surface area contributed by atoms with Crippen molar-refractivity contribution in [3.63, 3.8) is 0 Å². The van der Waals surface area contributed by atoms with Crippen LogP contribution < -0.4 is 5.32 Å². The van der Waals surface area contributed by atoms with E-state index in [4.69, 9.17) is 0 Å². The lowest BCUT2D eigenvalue weighted by molar-refractivity contribution is -0.122. The molecule has 8 nitrogen and oxygen atoms in total. The molecule has 0 saturated carbocycles. The Labute approximate surface area is 161 Å². The second-order valence-corrected chi connectivity index (χ2v) is 9.12. The Morgan fingerprint density at radius 3 is 2.41 bits per heavy atom. The van der Waals surface area contributed by atoms with Crippen LogP contribution in [-0.2, 0) is 21.9 Å². The van der Waals surface area contributed by atoms with Gasteiger partial charge >= 0.3 is 0 Å². The minimum absolute atomic E-state index is 0.0115. The summed E-state index contributed by atoms with van der Waals surface area (Å²) in [4.78, 5) is 26.4. The van der Waals surface area contributed by atoms with E-state index < -0.39 is 10.0 Å². The van der Waals surface area contributed by atoms with Crippen molar-refractivity contribution in [2.24, 2.45) is 7.05 Å².